The lowest BCUT2D eigenvalue weighted by atomic mass is 9.94. The fourth-order valence-electron chi connectivity index (χ4n) is 6.84. The highest BCUT2D eigenvalue weighted by molar-refractivity contribution is 7.20. The number of hydrogen-bond acceptors (Lipinski definition) is 6. The molecule has 0 spiro atoms. The van der Waals surface area contributed by atoms with Gasteiger partial charge in [0.1, 0.15) is 5.54 Å². The third-order valence-electron chi connectivity index (χ3n) is 9.45. The molecular weight excluding hydrogens is 579 g/mol. The van der Waals surface area contributed by atoms with E-state index in [-0.39, 0.29) is 17.9 Å². The Kier molecular flexibility index (Phi) is 10.2. The minimum atomic E-state index is -0.858. The van der Waals surface area contributed by atoms with Crippen LogP contribution >= 0.6 is 11.3 Å². The summed E-state index contributed by atoms with van der Waals surface area (Å²) in [5.74, 6) is -0.176. The zero-order valence-corrected chi connectivity index (χ0v) is 27.2. The first kappa shape index (κ1) is 31.4. The number of piperazine rings is 1. The number of nitrogens with one attached hydrogen (secondary N) is 2. The number of pyridine rings is 1. The molecule has 0 unspecified atom stereocenters. The van der Waals surface area contributed by atoms with E-state index in [0.29, 0.717) is 17.7 Å². The smallest absolute Gasteiger partial charge is 0.262 e. The lowest BCUT2D eigenvalue weighted by molar-refractivity contribution is -0.128. The highest BCUT2D eigenvalue weighted by Gasteiger charge is 2.43. The van der Waals surface area contributed by atoms with E-state index in [9.17, 15) is 9.59 Å². The quantitative estimate of drug-likeness (QED) is 0.203. The second-order valence-corrected chi connectivity index (χ2v) is 14.0. The molecule has 7 nitrogen and oxygen atoms in total. The van der Waals surface area contributed by atoms with Crippen molar-refractivity contribution in [3.05, 3.63) is 101 Å². The van der Waals surface area contributed by atoms with Crippen molar-refractivity contribution < 1.29 is 9.59 Å². The summed E-state index contributed by atoms with van der Waals surface area (Å²) < 4.78 is 1.10. The second kappa shape index (κ2) is 14.7. The Labute approximate surface area is 271 Å². The Bertz CT molecular complexity index is 1560. The zero-order chi connectivity index (χ0) is 31.1. The summed E-state index contributed by atoms with van der Waals surface area (Å²) in [5.41, 5.74) is 2.85. The Morgan fingerprint density at radius 2 is 1.64 bits per heavy atom. The summed E-state index contributed by atoms with van der Waals surface area (Å²) in [6.45, 7) is 8.32. The molecule has 1 atom stereocenters. The van der Waals surface area contributed by atoms with Crippen molar-refractivity contribution in [3.8, 4) is 0 Å². The van der Waals surface area contributed by atoms with Gasteiger partial charge in [-0.25, -0.2) is 0 Å². The van der Waals surface area contributed by atoms with Gasteiger partial charge in [0.25, 0.3) is 5.91 Å². The first-order chi connectivity index (χ1) is 22.0. The molecule has 1 aliphatic heterocycles. The highest BCUT2D eigenvalue weighted by atomic mass is 32.1. The largest absolute Gasteiger partial charge is 0.351 e. The number of benzene rings is 2. The Hall–Kier alpha value is -3.59. The molecule has 2 aromatic heterocycles. The number of nitrogens with zero attached hydrogens (tertiary/aromatic N) is 3. The maximum atomic E-state index is 14.1. The maximum Gasteiger partial charge on any atom is 0.262 e. The molecule has 2 N–H and O–H groups in total. The summed E-state index contributed by atoms with van der Waals surface area (Å²) >= 11 is 1.50. The molecule has 8 heteroatoms. The van der Waals surface area contributed by atoms with Crippen LogP contribution in [0.2, 0.25) is 0 Å². The predicted octanol–water partition coefficient (Wildman–Crippen LogP) is 5.97. The van der Waals surface area contributed by atoms with Gasteiger partial charge in [-0.3, -0.25) is 19.5 Å². The van der Waals surface area contributed by atoms with Crippen molar-refractivity contribution in [1.82, 2.24) is 25.4 Å². The topological polar surface area (TPSA) is 77.6 Å². The molecule has 0 radical (unpaired) electrons. The van der Waals surface area contributed by atoms with Gasteiger partial charge in [0, 0.05) is 55.9 Å². The lowest BCUT2D eigenvalue weighted by Crippen LogP contribution is -2.59. The summed E-state index contributed by atoms with van der Waals surface area (Å²) in [6, 6.07) is 22.8. The Balaban J connectivity index is 1.06. The van der Waals surface area contributed by atoms with Gasteiger partial charge in [0.15, 0.2) is 0 Å². The van der Waals surface area contributed by atoms with Crippen LogP contribution in [0.25, 0.3) is 10.1 Å². The molecule has 2 aliphatic rings. The average molecular weight is 624 g/mol. The highest BCUT2D eigenvalue weighted by Crippen LogP contribution is 2.32. The van der Waals surface area contributed by atoms with Crippen molar-refractivity contribution in [1.29, 1.82) is 0 Å². The van der Waals surface area contributed by atoms with Crippen LogP contribution in [-0.2, 0) is 17.8 Å². The Morgan fingerprint density at radius 1 is 0.911 bits per heavy atom. The minimum Gasteiger partial charge on any atom is -0.351 e. The normalized spacial score (nSPS) is 17.7. The van der Waals surface area contributed by atoms with E-state index in [1.165, 1.54) is 28.0 Å². The maximum absolute atomic E-state index is 14.1. The molecule has 0 bridgehead atoms. The van der Waals surface area contributed by atoms with Crippen LogP contribution in [0.3, 0.4) is 0 Å². The van der Waals surface area contributed by atoms with Gasteiger partial charge in [-0.15, -0.1) is 11.3 Å². The van der Waals surface area contributed by atoms with E-state index in [4.69, 9.17) is 0 Å². The minimum absolute atomic E-state index is 0.00885. The molecule has 2 amide bonds. The van der Waals surface area contributed by atoms with E-state index >= 15 is 0 Å². The van der Waals surface area contributed by atoms with Crippen LogP contribution in [0.5, 0.6) is 0 Å². The van der Waals surface area contributed by atoms with Gasteiger partial charge in [-0.1, -0.05) is 55.3 Å². The lowest BCUT2D eigenvalue weighted by Gasteiger charge is -2.35. The number of thiophene rings is 1. The number of carbonyl (C=O) groups excluding carboxylic acids is 2. The van der Waals surface area contributed by atoms with Crippen molar-refractivity contribution in [2.45, 2.75) is 70.0 Å². The van der Waals surface area contributed by atoms with Crippen LogP contribution in [0.4, 0.5) is 0 Å². The SMILES string of the molecule is Cc1ccc2cc(C(=O)NC3(C(=O)N[C@@H](CCCN4CCN(Cc5ccncc5)CC4)Cc4ccccc4)CCCC3)sc2c1. The van der Waals surface area contributed by atoms with Crippen LogP contribution in [-0.4, -0.2) is 70.9 Å². The van der Waals surface area contributed by atoms with Gasteiger partial charge >= 0.3 is 0 Å². The number of rotatable bonds is 12. The van der Waals surface area contributed by atoms with Crippen LogP contribution in [0, 0.1) is 6.92 Å². The number of hydrogen-bond donors (Lipinski definition) is 2. The number of aromatic nitrogens is 1. The van der Waals surface area contributed by atoms with E-state index in [1.54, 1.807) is 0 Å². The van der Waals surface area contributed by atoms with Gasteiger partial charge in [-0.05, 0) is 91.9 Å². The van der Waals surface area contributed by atoms with Gasteiger partial charge in [0.2, 0.25) is 5.91 Å². The molecule has 236 valence electrons. The third kappa shape index (κ3) is 8.17. The van der Waals surface area contributed by atoms with E-state index in [2.05, 4.69) is 86.9 Å². The number of carbonyl (C=O) groups is 2. The number of fused-ring (bicyclic) bond motifs is 1. The standard InChI is InChI=1S/C37H45N5O2S/c1-28-11-12-31-26-34(45-33(31)24-28)35(43)40-37(15-5-6-16-37)36(44)39-32(25-29-8-3-2-4-9-29)10-7-19-41-20-22-42(23-21-41)27-30-13-17-38-18-14-30/h2-4,8-9,11-14,17-18,24,26,32H,5-7,10,15-16,19-23,25,27H2,1H3,(H,39,44)(H,40,43)/t32-/m0/s1. The van der Waals surface area contributed by atoms with Crippen molar-refractivity contribution >= 4 is 33.2 Å². The molecule has 4 aromatic rings. The molecule has 1 saturated heterocycles. The summed E-state index contributed by atoms with van der Waals surface area (Å²) in [6.07, 6.45) is 9.67. The van der Waals surface area contributed by atoms with Crippen LogP contribution in [0.1, 0.15) is 64.9 Å². The van der Waals surface area contributed by atoms with Crippen molar-refractivity contribution in [3.63, 3.8) is 0 Å². The summed E-state index contributed by atoms with van der Waals surface area (Å²) in [5, 5.41) is 7.72. The van der Waals surface area contributed by atoms with E-state index < -0.39 is 5.54 Å². The second-order valence-electron chi connectivity index (χ2n) is 12.9. The van der Waals surface area contributed by atoms with Gasteiger partial charge in [-0.2, -0.15) is 0 Å². The van der Waals surface area contributed by atoms with Crippen molar-refractivity contribution in [2.24, 2.45) is 0 Å². The summed E-state index contributed by atoms with van der Waals surface area (Å²) in [7, 11) is 0. The molecule has 2 aromatic carbocycles. The first-order valence-electron chi connectivity index (χ1n) is 16.5. The molecule has 1 saturated carbocycles. The predicted molar refractivity (Wildman–Crippen MR) is 182 cm³/mol. The van der Waals surface area contributed by atoms with Gasteiger partial charge < -0.3 is 15.5 Å². The fourth-order valence-corrected chi connectivity index (χ4v) is 7.90. The molecule has 1 aliphatic carbocycles. The molecule has 45 heavy (non-hydrogen) atoms. The van der Waals surface area contributed by atoms with Crippen LogP contribution < -0.4 is 10.6 Å². The van der Waals surface area contributed by atoms with E-state index in [0.717, 1.165) is 81.5 Å². The van der Waals surface area contributed by atoms with Crippen LogP contribution in [0.15, 0.2) is 79.1 Å². The third-order valence-corrected chi connectivity index (χ3v) is 10.5. The fraction of sp³-hybridized carbons (Fsp3) is 0.432. The monoisotopic (exact) mass is 623 g/mol. The number of aryl methyl sites for hydroxylation is 1. The van der Waals surface area contributed by atoms with Gasteiger partial charge in [0.05, 0.1) is 4.88 Å². The van der Waals surface area contributed by atoms with E-state index in [1.807, 2.05) is 24.5 Å². The van der Waals surface area contributed by atoms with Crippen molar-refractivity contribution in [2.75, 3.05) is 32.7 Å². The molecule has 3 heterocycles. The average Bonchev–Trinajstić information content (AvgIpc) is 3.71. The summed E-state index contributed by atoms with van der Waals surface area (Å²) in [4.78, 5) is 37.4. The first-order valence-corrected chi connectivity index (χ1v) is 17.3. The zero-order valence-electron chi connectivity index (χ0n) is 26.3. The molecule has 6 rings (SSSR count). The molecular formula is C37H45N5O2S. The Morgan fingerprint density at radius 3 is 2.40 bits per heavy atom. The number of amides is 2. The molecule has 2 fully saturated rings.